The topological polar surface area (TPSA) is 12.0 Å². The number of rotatable bonds is 5. The van der Waals surface area contributed by atoms with Crippen molar-refractivity contribution in [1.82, 2.24) is 5.32 Å². The molecule has 4 heteroatoms. The molecule has 0 aliphatic heterocycles. The number of halogens is 1. The van der Waals surface area contributed by atoms with Gasteiger partial charge in [0.25, 0.3) is 0 Å². The van der Waals surface area contributed by atoms with Crippen LogP contribution in [0, 0.1) is 12.7 Å². The summed E-state index contributed by atoms with van der Waals surface area (Å²) < 4.78 is 16.8. The lowest BCUT2D eigenvalue weighted by Crippen LogP contribution is -2.23. The summed E-state index contributed by atoms with van der Waals surface area (Å²) in [6.45, 7) is 5.01. The van der Waals surface area contributed by atoms with Gasteiger partial charge in [0, 0.05) is 19.8 Å². The van der Waals surface area contributed by atoms with E-state index in [1.165, 1.54) is 14.3 Å². The van der Waals surface area contributed by atoms with E-state index in [-0.39, 0.29) is 11.9 Å². The van der Waals surface area contributed by atoms with Crippen LogP contribution in [0.5, 0.6) is 0 Å². The number of fused-ring (bicyclic) bond motifs is 1. The van der Waals surface area contributed by atoms with Crippen LogP contribution in [0.15, 0.2) is 35.7 Å². The lowest BCUT2D eigenvalue weighted by Gasteiger charge is -2.19. The Hall–Kier alpha value is -1.23. The quantitative estimate of drug-likeness (QED) is 0.655. The first-order valence-electron chi connectivity index (χ1n) is 7.15. The van der Waals surface area contributed by atoms with Crippen molar-refractivity contribution in [1.29, 1.82) is 0 Å². The first kappa shape index (κ1) is 14.7. The summed E-state index contributed by atoms with van der Waals surface area (Å²) in [7, 11) is 0. The van der Waals surface area contributed by atoms with Gasteiger partial charge < -0.3 is 5.32 Å². The van der Waals surface area contributed by atoms with Crippen LogP contribution < -0.4 is 5.32 Å². The minimum atomic E-state index is -0.133. The molecule has 21 heavy (non-hydrogen) atoms. The zero-order valence-electron chi connectivity index (χ0n) is 12.2. The highest BCUT2D eigenvalue weighted by molar-refractivity contribution is 7.27. The molecule has 0 saturated heterocycles. The van der Waals surface area contributed by atoms with Gasteiger partial charge in [0.15, 0.2) is 0 Å². The number of aryl methyl sites for hydroxylation is 1. The van der Waals surface area contributed by atoms with E-state index < -0.39 is 0 Å². The number of hydrogen-bond donors (Lipinski definition) is 1. The minimum Gasteiger partial charge on any atom is -0.306 e. The number of thiophene rings is 2. The second-order valence-corrected chi connectivity index (χ2v) is 7.27. The molecule has 1 unspecified atom stereocenters. The van der Waals surface area contributed by atoms with Gasteiger partial charge in [0.05, 0.1) is 6.04 Å². The van der Waals surface area contributed by atoms with Crippen molar-refractivity contribution < 1.29 is 4.39 Å². The molecule has 110 valence electrons. The van der Waals surface area contributed by atoms with E-state index in [1.54, 1.807) is 28.7 Å². The Morgan fingerprint density at radius 3 is 2.81 bits per heavy atom. The van der Waals surface area contributed by atoms with Crippen LogP contribution in [0.3, 0.4) is 0 Å². The normalized spacial score (nSPS) is 12.9. The maximum absolute atomic E-state index is 14.3. The molecule has 2 heterocycles. The molecule has 0 fully saturated rings. The molecule has 1 atom stereocenters. The molecule has 0 aliphatic rings. The van der Waals surface area contributed by atoms with Crippen molar-refractivity contribution in [2.75, 3.05) is 6.54 Å². The zero-order chi connectivity index (χ0) is 14.8. The van der Waals surface area contributed by atoms with Gasteiger partial charge in [-0.1, -0.05) is 24.6 Å². The van der Waals surface area contributed by atoms with Gasteiger partial charge in [0.2, 0.25) is 0 Å². The van der Waals surface area contributed by atoms with E-state index in [1.807, 2.05) is 19.1 Å². The van der Waals surface area contributed by atoms with E-state index in [2.05, 4.69) is 29.8 Å². The van der Waals surface area contributed by atoms with E-state index in [0.717, 1.165) is 24.1 Å². The minimum absolute atomic E-state index is 0.0607. The van der Waals surface area contributed by atoms with Crippen LogP contribution in [-0.4, -0.2) is 6.54 Å². The van der Waals surface area contributed by atoms with Crippen molar-refractivity contribution >= 4 is 32.1 Å². The maximum Gasteiger partial charge on any atom is 0.128 e. The van der Waals surface area contributed by atoms with Crippen LogP contribution in [-0.2, 0) is 0 Å². The van der Waals surface area contributed by atoms with Crippen LogP contribution in [0.25, 0.3) is 9.40 Å². The van der Waals surface area contributed by atoms with Crippen LogP contribution in [0.1, 0.15) is 35.4 Å². The van der Waals surface area contributed by atoms with Crippen molar-refractivity contribution in [2.24, 2.45) is 0 Å². The summed E-state index contributed by atoms with van der Waals surface area (Å²) in [4.78, 5) is 1.19. The summed E-state index contributed by atoms with van der Waals surface area (Å²) in [6, 6.07) is 9.62. The van der Waals surface area contributed by atoms with E-state index in [4.69, 9.17) is 0 Å². The van der Waals surface area contributed by atoms with E-state index >= 15 is 0 Å². The molecule has 0 radical (unpaired) electrons. The predicted octanol–water partition coefficient (Wildman–Crippen LogP) is 5.50. The highest BCUT2D eigenvalue weighted by Crippen LogP contribution is 2.36. The van der Waals surface area contributed by atoms with Gasteiger partial charge in [-0.05, 0) is 43.5 Å². The van der Waals surface area contributed by atoms with Gasteiger partial charge in [-0.2, -0.15) is 0 Å². The Morgan fingerprint density at radius 1 is 1.19 bits per heavy atom. The van der Waals surface area contributed by atoms with Gasteiger partial charge in [-0.25, -0.2) is 4.39 Å². The molecule has 0 amide bonds. The highest BCUT2D eigenvalue weighted by atomic mass is 32.1. The molecule has 0 spiro atoms. The predicted molar refractivity (Wildman–Crippen MR) is 91.0 cm³/mol. The number of hydrogen-bond acceptors (Lipinski definition) is 3. The summed E-state index contributed by atoms with van der Waals surface area (Å²) in [5, 5.41) is 5.60. The third-order valence-corrected chi connectivity index (χ3v) is 5.66. The molecule has 0 bridgehead atoms. The third-order valence-electron chi connectivity index (χ3n) is 3.50. The average Bonchev–Trinajstić information content (AvgIpc) is 3.04. The fraction of sp³-hybridized carbons (Fsp3) is 0.294. The number of nitrogens with one attached hydrogen (secondary N) is 1. The molecular weight excluding hydrogens is 301 g/mol. The standard InChI is InChI=1S/C17H18FNS2/c1-3-7-19-17(12-9-11(2)4-5-13(12)18)16-10-15-14(21-16)6-8-20-15/h4-6,8-10,17,19H,3,7H2,1-2H3. The van der Waals surface area contributed by atoms with E-state index in [9.17, 15) is 4.39 Å². The maximum atomic E-state index is 14.3. The molecule has 1 nitrogen and oxygen atoms in total. The molecule has 0 saturated carbocycles. The Bertz CT molecular complexity index is 716. The third kappa shape index (κ3) is 3.03. The molecule has 0 aliphatic carbocycles. The molecule has 2 aromatic heterocycles. The van der Waals surface area contributed by atoms with Crippen LogP contribution >= 0.6 is 22.7 Å². The van der Waals surface area contributed by atoms with Gasteiger partial charge in [0.1, 0.15) is 5.82 Å². The summed E-state index contributed by atoms with van der Waals surface area (Å²) in [5.41, 5.74) is 1.84. The monoisotopic (exact) mass is 319 g/mol. The summed E-state index contributed by atoms with van der Waals surface area (Å²) >= 11 is 3.49. The Kier molecular flexibility index (Phi) is 4.38. The van der Waals surface area contributed by atoms with Crippen molar-refractivity contribution in [3.8, 4) is 0 Å². The second kappa shape index (κ2) is 6.26. The SMILES string of the molecule is CCCNC(c1cc2sccc2s1)c1cc(C)ccc1F. The zero-order valence-corrected chi connectivity index (χ0v) is 13.8. The Labute approximate surface area is 132 Å². The molecular formula is C17H18FNS2. The highest BCUT2D eigenvalue weighted by Gasteiger charge is 2.20. The molecule has 1 aromatic carbocycles. The fourth-order valence-electron chi connectivity index (χ4n) is 2.46. The van der Waals surface area contributed by atoms with Gasteiger partial charge in [-0.15, -0.1) is 22.7 Å². The second-order valence-electron chi connectivity index (χ2n) is 5.21. The number of benzene rings is 1. The van der Waals surface area contributed by atoms with Gasteiger partial charge in [-0.3, -0.25) is 0 Å². The van der Waals surface area contributed by atoms with Crippen molar-refractivity contribution in [2.45, 2.75) is 26.3 Å². The molecule has 3 rings (SSSR count). The lowest BCUT2D eigenvalue weighted by molar-refractivity contribution is 0.550. The Balaban J connectivity index is 2.04. The molecule has 3 aromatic rings. The van der Waals surface area contributed by atoms with Gasteiger partial charge >= 0.3 is 0 Å². The van der Waals surface area contributed by atoms with Crippen LogP contribution in [0.4, 0.5) is 4.39 Å². The van der Waals surface area contributed by atoms with Crippen molar-refractivity contribution in [3.05, 3.63) is 57.5 Å². The lowest BCUT2D eigenvalue weighted by atomic mass is 10.0. The fourth-order valence-corrected chi connectivity index (χ4v) is 4.68. The first-order chi connectivity index (χ1) is 10.2. The first-order valence-corrected chi connectivity index (χ1v) is 8.85. The van der Waals surface area contributed by atoms with Crippen molar-refractivity contribution in [3.63, 3.8) is 0 Å². The summed E-state index contributed by atoms with van der Waals surface area (Å²) in [5.74, 6) is -0.133. The average molecular weight is 319 g/mol. The van der Waals surface area contributed by atoms with Crippen LogP contribution in [0.2, 0.25) is 0 Å². The molecule has 1 N–H and O–H groups in total. The smallest absolute Gasteiger partial charge is 0.128 e. The van der Waals surface area contributed by atoms with E-state index in [0.29, 0.717) is 0 Å². The largest absolute Gasteiger partial charge is 0.306 e. The summed E-state index contributed by atoms with van der Waals surface area (Å²) in [6.07, 6.45) is 1.03. The Morgan fingerprint density at radius 2 is 2.05 bits per heavy atom.